The van der Waals surface area contributed by atoms with E-state index in [9.17, 15) is 24.0 Å². The number of hydrogen-bond donors (Lipinski definition) is 0. The second-order valence-electron chi connectivity index (χ2n) is 7.55. The number of anilines is 1. The van der Waals surface area contributed by atoms with Gasteiger partial charge in [0.25, 0.3) is 0 Å². The Labute approximate surface area is 179 Å². The van der Waals surface area contributed by atoms with Crippen molar-refractivity contribution in [2.24, 2.45) is 0 Å². The molecule has 2 aliphatic rings. The predicted octanol–water partition coefficient (Wildman–Crippen LogP) is 2.55. The molecule has 2 aromatic carbocycles. The van der Waals surface area contributed by atoms with E-state index in [4.69, 9.17) is 0 Å². The highest BCUT2D eigenvalue weighted by Crippen LogP contribution is 2.27. The maximum absolute atomic E-state index is 12.8. The summed E-state index contributed by atoms with van der Waals surface area (Å²) in [6.45, 7) is 1.77. The van der Waals surface area contributed by atoms with Gasteiger partial charge in [-0.25, -0.2) is 14.6 Å². The van der Waals surface area contributed by atoms with Crippen molar-refractivity contribution in [1.29, 1.82) is 0 Å². The number of urea groups is 1. The van der Waals surface area contributed by atoms with Crippen molar-refractivity contribution in [1.82, 2.24) is 9.80 Å². The summed E-state index contributed by atoms with van der Waals surface area (Å²) >= 11 is 0. The lowest BCUT2D eigenvalue weighted by Gasteiger charge is -2.22. The Kier molecular flexibility index (Phi) is 5.37. The minimum atomic E-state index is -1.01. The second kappa shape index (κ2) is 8.14. The van der Waals surface area contributed by atoms with Crippen molar-refractivity contribution in [3.8, 4) is 0 Å². The first-order valence-electron chi connectivity index (χ1n) is 10.1. The molecule has 0 bridgehead atoms. The van der Waals surface area contributed by atoms with Crippen LogP contribution in [0.25, 0.3) is 0 Å². The molecule has 1 unspecified atom stereocenters. The van der Waals surface area contributed by atoms with Crippen LogP contribution in [0, 0.1) is 0 Å². The van der Waals surface area contributed by atoms with Crippen LogP contribution in [0.4, 0.5) is 10.5 Å². The van der Waals surface area contributed by atoms with E-state index in [1.54, 1.807) is 60.4 Å². The number of Topliss-reactive ketones (excluding diaryl/α,β-unsaturated/α-hetero) is 1. The number of carbonyl (C=O) groups excluding carboxylic acids is 5. The van der Waals surface area contributed by atoms with E-state index in [-0.39, 0.29) is 11.5 Å². The summed E-state index contributed by atoms with van der Waals surface area (Å²) in [5.41, 5.74) is 1.70. The van der Waals surface area contributed by atoms with E-state index in [2.05, 4.69) is 0 Å². The highest BCUT2D eigenvalue weighted by Gasteiger charge is 2.47. The van der Waals surface area contributed by atoms with Gasteiger partial charge in [0.2, 0.25) is 5.91 Å². The van der Waals surface area contributed by atoms with Crippen LogP contribution in [0.5, 0.6) is 0 Å². The molecular formula is C23H21N3O5. The molecule has 8 nitrogen and oxygen atoms in total. The lowest BCUT2D eigenvalue weighted by atomic mass is 10.1. The molecule has 2 aliphatic heterocycles. The number of nitrogens with zero attached hydrogens (tertiary/aromatic N) is 3. The maximum Gasteiger partial charge on any atom is 0.335 e. The molecule has 0 aromatic heterocycles. The van der Waals surface area contributed by atoms with E-state index < -0.39 is 36.2 Å². The van der Waals surface area contributed by atoms with Crippen LogP contribution in [-0.4, -0.2) is 52.4 Å². The number of amides is 5. The van der Waals surface area contributed by atoms with Crippen LogP contribution < -0.4 is 4.90 Å². The Morgan fingerprint density at radius 3 is 2.23 bits per heavy atom. The molecule has 5 amide bonds. The molecule has 2 heterocycles. The first-order valence-corrected chi connectivity index (χ1v) is 10.1. The Morgan fingerprint density at radius 1 is 0.935 bits per heavy atom. The normalized spacial score (nSPS) is 17.6. The van der Waals surface area contributed by atoms with Crippen molar-refractivity contribution < 1.29 is 24.0 Å². The fraction of sp³-hybridized carbons (Fsp3) is 0.261. The number of benzene rings is 2. The third-order valence-electron chi connectivity index (χ3n) is 5.63. The SMILES string of the molecule is CC(c1ccccc1)N1C(=O)C(=O)N(CC(=O)c2ccc(N3CCCC3=O)cc2)C1=O. The summed E-state index contributed by atoms with van der Waals surface area (Å²) in [4.78, 5) is 65.4. The zero-order valence-corrected chi connectivity index (χ0v) is 17.0. The molecule has 0 N–H and O–H groups in total. The molecule has 2 fully saturated rings. The highest BCUT2D eigenvalue weighted by molar-refractivity contribution is 6.45. The minimum absolute atomic E-state index is 0.0403. The molecule has 0 spiro atoms. The van der Waals surface area contributed by atoms with Gasteiger partial charge in [-0.2, -0.15) is 0 Å². The lowest BCUT2D eigenvalue weighted by Crippen LogP contribution is -2.37. The van der Waals surface area contributed by atoms with Crippen LogP contribution >= 0.6 is 0 Å². The van der Waals surface area contributed by atoms with Crippen LogP contribution in [0.15, 0.2) is 54.6 Å². The number of imide groups is 2. The average Bonchev–Trinajstić information content (AvgIpc) is 3.30. The van der Waals surface area contributed by atoms with Gasteiger partial charge in [-0.05, 0) is 43.2 Å². The van der Waals surface area contributed by atoms with Gasteiger partial charge in [-0.15, -0.1) is 0 Å². The maximum atomic E-state index is 12.8. The lowest BCUT2D eigenvalue weighted by molar-refractivity contribution is -0.143. The minimum Gasteiger partial charge on any atom is -0.312 e. The zero-order valence-electron chi connectivity index (χ0n) is 17.0. The van der Waals surface area contributed by atoms with Gasteiger partial charge in [0.05, 0.1) is 12.6 Å². The summed E-state index contributed by atoms with van der Waals surface area (Å²) in [5, 5.41) is 0. The zero-order chi connectivity index (χ0) is 22.1. The summed E-state index contributed by atoms with van der Waals surface area (Å²) < 4.78 is 0. The first-order chi connectivity index (χ1) is 14.9. The molecule has 31 heavy (non-hydrogen) atoms. The molecule has 2 saturated heterocycles. The molecule has 1 atom stereocenters. The number of hydrogen-bond acceptors (Lipinski definition) is 5. The Hall–Kier alpha value is -3.81. The molecule has 8 heteroatoms. The van der Waals surface area contributed by atoms with Crippen molar-refractivity contribution in [2.45, 2.75) is 25.8 Å². The summed E-state index contributed by atoms with van der Waals surface area (Å²) in [7, 11) is 0. The van der Waals surface area contributed by atoms with E-state index >= 15 is 0 Å². The van der Waals surface area contributed by atoms with Gasteiger partial charge in [0.1, 0.15) is 0 Å². The highest BCUT2D eigenvalue weighted by atomic mass is 16.2. The van der Waals surface area contributed by atoms with Crippen LogP contribution in [0.3, 0.4) is 0 Å². The molecule has 0 saturated carbocycles. The Balaban J connectivity index is 1.48. The van der Waals surface area contributed by atoms with Crippen LogP contribution in [0.1, 0.15) is 41.7 Å². The molecule has 4 rings (SSSR count). The Bertz CT molecular complexity index is 1060. The standard InChI is InChI=1S/C23H21N3O5/c1-15(16-6-3-2-4-7-16)26-22(30)21(29)25(23(26)31)14-19(27)17-9-11-18(12-10-17)24-13-5-8-20(24)28/h2-4,6-7,9-12,15H,5,8,13-14H2,1H3. The molecule has 158 valence electrons. The molecular weight excluding hydrogens is 398 g/mol. The van der Waals surface area contributed by atoms with Gasteiger partial charge in [0.15, 0.2) is 5.78 Å². The van der Waals surface area contributed by atoms with Gasteiger partial charge in [-0.1, -0.05) is 30.3 Å². The summed E-state index contributed by atoms with van der Waals surface area (Å²) in [6, 6.07) is 13.9. The van der Waals surface area contributed by atoms with Gasteiger partial charge >= 0.3 is 17.8 Å². The third kappa shape index (κ3) is 3.72. The van der Waals surface area contributed by atoms with Gasteiger partial charge in [-0.3, -0.25) is 19.2 Å². The van der Waals surface area contributed by atoms with E-state index in [1.807, 2.05) is 6.07 Å². The summed E-state index contributed by atoms with van der Waals surface area (Å²) in [5.74, 6) is -2.39. The smallest absolute Gasteiger partial charge is 0.312 e. The molecule has 0 radical (unpaired) electrons. The number of carbonyl (C=O) groups is 5. The van der Waals surface area contributed by atoms with Crippen molar-refractivity contribution in [3.05, 3.63) is 65.7 Å². The van der Waals surface area contributed by atoms with Crippen LogP contribution in [0.2, 0.25) is 0 Å². The monoisotopic (exact) mass is 419 g/mol. The predicted molar refractivity (Wildman–Crippen MR) is 111 cm³/mol. The van der Waals surface area contributed by atoms with Gasteiger partial charge < -0.3 is 4.90 Å². The van der Waals surface area contributed by atoms with E-state index in [1.165, 1.54) is 0 Å². The third-order valence-corrected chi connectivity index (χ3v) is 5.63. The van der Waals surface area contributed by atoms with E-state index in [0.717, 1.165) is 11.3 Å². The van der Waals surface area contributed by atoms with Crippen LogP contribution in [-0.2, 0) is 14.4 Å². The second-order valence-corrected chi connectivity index (χ2v) is 7.55. The number of rotatable bonds is 6. The fourth-order valence-electron chi connectivity index (χ4n) is 3.87. The summed E-state index contributed by atoms with van der Waals surface area (Å²) in [6.07, 6.45) is 1.30. The van der Waals surface area contributed by atoms with Gasteiger partial charge in [0, 0.05) is 24.2 Å². The first kappa shape index (κ1) is 20.5. The molecule has 2 aromatic rings. The fourth-order valence-corrected chi connectivity index (χ4v) is 3.87. The van der Waals surface area contributed by atoms with Crippen molar-refractivity contribution in [2.75, 3.05) is 18.0 Å². The quantitative estimate of drug-likeness (QED) is 0.407. The topological polar surface area (TPSA) is 95.1 Å². The number of ketones is 1. The molecule has 0 aliphatic carbocycles. The van der Waals surface area contributed by atoms with Crippen molar-refractivity contribution >= 4 is 35.2 Å². The van der Waals surface area contributed by atoms with E-state index in [0.29, 0.717) is 29.1 Å². The average molecular weight is 419 g/mol. The van der Waals surface area contributed by atoms with Crippen molar-refractivity contribution in [3.63, 3.8) is 0 Å². The largest absolute Gasteiger partial charge is 0.335 e. The Morgan fingerprint density at radius 2 is 1.61 bits per heavy atom.